The predicted molar refractivity (Wildman–Crippen MR) is 66.0 cm³/mol. The molecule has 17 heavy (non-hydrogen) atoms. The first-order chi connectivity index (χ1) is 8.15. The fourth-order valence-electron chi connectivity index (χ4n) is 3.22. The highest BCUT2D eigenvalue weighted by molar-refractivity contribution is 4.94. The van der Waals surface area contributed by atoms with E-state index in [4.69, 9.17) is 9.47 Å². The van der Waals surface area contributed by atoms with E-state index in [1.807, 2.05) is 0 Å². The Kier molecular flexibility index (Phi) is 4.42. The minimum atomic E-state index is -0.181. The van der Waals surface area contributed by atoms with Gasteiger partial charge in [-0.3, -0.25) is 4.90 Å². The summed E-state index contributed by atoms with van der Waals surface area (Å²) in [5.41, 5.74) is 0. The zero-order chi connectivity index (χ0) is 12.4. The lowest BCUT2D eigenvalue weighted by Crippen LogP contribution is -2.46. The summed E-state index contributed by atoms with van der Waals surface area (Å²) in [6, 6.07) is 0.288. The van der Waals surface area contributed by atoms with Crippen LogP contribution < -0.4 is 0 Å². The largest absolute Gasteiger partial charge is 0.391 e. The molecule has 4 heteroatoms. The Balaban J connectivity index is 1.98. The molecule has 1 saturated heterocycles. The maximum atomic E-state index is 10.1. The Labute approximate surface area is 104 Å². The standard InChI is InChI=1S/C13H25NO3/c1-9-4-5-11(15)10(6-9)14-7-12(16-2)13(8-14)17-3/h9-13,15H,4-8H2,1-3H3. The van der Waals surface area contributed by atoms with Crippen molar-refractivity contribution < 1.29 is 14.6 Å². The molecule has 5 atom stereocenters. The number of aliphatic hydroxyl groups excluding tert-OH is 1. The highest BCUT2D eigenvalue weighted by Gasteiger charge is 2.40. The van der Waals surface area contributed by atoms with Gasteiger partial charge in [-0.2, -0.15) is 0 Å². The normalized spacial score (nSPS) is 44.1. The summed E-state index contributed by atoms with van der Waals surface area (Å²) in [6.45, 7) is 4.03. The van der Waals surface area contributed by atoms with E-state index in [9.17, 15) is 5.11 Å². The molecule has 1 N–H and O–H groups in total. The van der Waals surface area contributed by atoms with Gasteiger partial charge in [-0.1, -0.05) is 6.92 Å². The van der Waals surface area contributed by atoms with Gasteiger partial charge < -0.3 is 14.6 Å². The van der Waals surface area contributed by atoms with Crippen LogP contribution in [-0.2, 0) is 9.47 Å². The quantitative estimate of drug-likeness (QED) is 0.799. The van der Waals surface area contributed by atoms with E-state index in [-0.39, 0.29) is 24.4 Å². The zero-order valence-electron chi connectivity index (χ0n) is 11.1. The number of hydrogen-bond acceptors (Lipinski definition) is 4. The summed E-state index contributed by atoms with van der Waals surface area (Å²) in [6.07, 6.45) is 3.27. The molecule has 0 spiro atoms. The maximum Gasteiger partial charge on any atom is 0.0971 e. The Morgan fingerprint density at radius 2 is 1.65 bits per heavy atom. The van der Waals surface area contributed by atoms with E-state index in [2.05, 4.69) is 11.8 Å². The molecule has 1 saturated carbocycles. The monoisotopic (exact) mass is 243 g/mol. The van der Waals surface area contributed by atoms with Crippen molar-refractivity contribution in [3.05, 3.63) is 0 Å². The topological polar surface area (TPSA) is 41.9 Å². The van der Waals surface area contributed by atoms with Crippen LogP contribution in [-0.4, -0.2) is 61.7 Å². The second kappa shape index (κ2) is 5.65. The number of methoxy groups -OCH3 is 2. The van der Waals surface area contributed by atoms with Gasteiger partial charge in [0.15, 0.2) is 0 Å². The lowest BCUT2D eigenvalue weighted by molar-refractivity contribution is -0.00461. The summed E-state index contributed by atoms with van der Waals surface area (Å²) in [5, 5.41) is 10.1. The first kappa shape index (κ1) is 13.3. The van der Waals surface area contributed by atoms with Crippen LogP contribution in [0.2, 0.25) is 0 Å². The Morgan fingerprint density at radius 1 is 1.06 bits per heavy atom. The van der Waals surface area contributed by atoms with Gasteiger partial charge in [-0.05, 0) is 25.2 Å². The molecule has 0 aromatic heterocycles. The lowest BCUT2D eigenvalue weighted by atomic mass is 9.84. The average molecular weight is 243 g/mol. The van der Waals surface area contributed by atoms with Crippen molar-refractivity contribution >= 4 is 0 Å². The Hall–Kier alpha value is -0.160. The number of ether oxygens (including phenoxy) is 2. The van der Waals surface area contributed by atoms with Crippen molar-refractivity contribution in [2.45, 2.75) is 50.5 Å². The molecule has 1 aliphatic heterocycles. The molecule has 0 amide bonds. The van der Waals surface area contributed by atoms with Crippen LogP contribution in [0.1, 0.15) is 26.2 Å². The Morgan fingerprint density at radius 3 is 2.18 bits per heavy atom. The third kappa shape index (κ3) is 2.81. The van der Waals surface area contributed by atoms with Crippen molar-refractivity contribution in [3.8, 4) is 0 Å². The highest BCUT2D eigenvalue weighted by Crippen LogP contribution is 2.30. The number of likely N-dealkylation sites (tertiary alicyclic amines) is 1. The number of hydrogen-bond donors (Lipinski definition) is 1. The molecule has 0 aromatic carbocycles. The third-order valence-corrected chi connectivity index (χ3v) is 4.36. The number of aliphatic hydroxyl groups is 1. The van der Waals surface area contributed by atoms with Crippen LogP contribution in [0.25, 0.3) is 0 Å². The molecular formula is C13H25NO3. The SMILES string of the molecule is COC1CN(C2CC(C)CCC2O)CC1OC. The van der Waals surface area contributed by atoms with E-state index < -0.39 is 0 Å². The molecule has 1 heterocycles. The van der Waals surface area contributed by atoms with E-state index in [0.717, 1.165) is 32.4 Å². The van der Waals surface area contributed by atoms with Crippen molar-refractivity contribution in [1.29, 1.82) is 0 Å². The minimum absolute atomic E-state index is 0.143. The minimum Gasteiger partial charge on any atom is -0.391 e. The lowest BCUT2D eigenvalue weighted by Gasteiger charge is -2.37. The number of nitrogens with zero attached hydrogens (tertiary/aromatic N) is 1. The fraction of sp³-hybridized carbons (Fsp3) is 1.00. The van der Waals surface area contributed by atoms with Crippen LogP contribution in [0.15, 0.2) is 0 Å². The van der Waals surface area contributed by atoms with E-state index in [1.165, 1.54) is 0 Å². The summed E-state index contributed by atoms with van der Waals surface area (Å²) in [5.74, 6) is 0.714. The van der Waals surface area contributed by atoms with E-state index >= 15 is 0 Å². The van der Waals surface area contributed by atoms with Crippen molar-refractivity contribution in [3.63, 3.8) is 0 Å². The number of rotatable bonds is 3. The summed E-state index contributed by atoms with van der Waals surface area (Å²) >= 11 is 0. The Bertz CT molecular complexity index is 237. The molecular weight excluding hydrogens is 218 g/mol. The van der Waals surface area contributed by atoms with Gasteiger partial charge in [0.25, 0.3) is 0 Å². The van der Waals surface area contributed by atoms with Gasteiger partial charge >= 0.3 is 0 Å². The highest BCUT2D eigenvalue weighted by atomic mass is 16.5. The van der Waals surface area contributed by atoms with Crippen molar-refractivity contribution in [2.75, 3.05) is 27.3 Å². The van der Waals surface area contributed by atoms with Gasteiger partial charge in [-0.25, -0.2) is 0 Å². The van der Waals surface area contributed by atoms with Crippen LogP contribution >= 0.6 is 0 Å². The van der Waals surface area contributed by atoms with Crippen molar-refractivity contribution in [2.24, 2.45) is 5.92 Å². The first-order valence-corrected chi connectivity index (χ1v) is 6.63. The van der Waals surface area contributed by atoms with E-state index in [1.54, 1.807) is 14.2 Å². The third-order valence-electron chi connectivity index (χ3n) is 4.36. The summed E-state index contributed by atoms with van der Waals surface area (Å²) in [4.78, 5) is 2.35. The zero-order valence-corrected chi connectivity index (χ0v) is 11.1. The van der Waals surface area contributed by atoms with Gasteiger partial charge in [0.05, 0.1) is 18.3 Å². The first-order valence-electron chi connectivity index (χ1n) is 6.63. The van der Waals surface area contributed by atoms with Crippen LogP contribution in [0, 0.1) is 5.92 Å². The van der Waals surface area contributed by atoms with Gasteiger partial charge in [-0.15, -0.1) is 0 Å². The molecule has 0 radical (unpaired) electrons. The molecule has 5 unspecified atom stereocenters. The summed E-state index contributed by atoms with van der Waals surface area (Å²) in [7, 11) is 3.47. The average Bonchev–Trinajstić information content (AvgIpc) is 2.75. The van der Waals surface area contributed by atoms with Gasteiger partial charge in [0.2, 0.25) is 0 Å². The molecule has 100 valence electrons. The molecule has 4 nitrogen and oxygen atoms in total. The second-order valence-electron chi connectivity index (χ2n) is 5.56. The van der Waals surface area contributed by atoms with E-state index in [0.29, 0.717) is 5.92 Å². The molecule has 0 aromatic rings. The second-order valence-corrected chi connectivity index (χ2v) is 5.56. The fourth-order valence-corrected chi connectivity index (χ4v) is 3.22. The summed E-state index contributed by atoms with van der Waals surface area (Å²) < 4.78 is 10.9. The predicted octanol–water partition coefficient (Wildman–Crippen LogP) is 0.881. The molecule has 2 fully saturated rings. The smallest absolute Gasteiger partial charge is 0.0971 e. The molecule has 2 aliphatic rings. The van der Waals surface area contributed by atoms with Crippen molar-refractivity contribution in [1.82, 2.24) is 4.90 Å². The maximum absolute atomic E-state index is 10.1. The molecule has 2 rings (SSSR count). The van der Waals surface area contributed by atoms with Gasteiger partial charge in [0.1, 0.15) is 0 Å². The van der Waals surface area contributed by atoms with Gasteiger partial charge in [0, 0.05) is 33.4 Å². The van der Waals surface area contributed by atoms with Crippen LogP contribution in [0.4, 0.5) is 0 Å². The molecule has 0 bridgehead atoms. The van der Waals surface area contributed by atoms with Crippen LogP contribution in [0.5, 0.6) is 0 Å². The molecule has 1 aliphatic carbocycles. The van der Waals surface area contributed by atoms with Crippen LogP contribution in [0.3, 0.4) is 0 Å².